The number of hydrogen-bond donors (Lipinski definition) is 3. The summed E-state index contributed by atoms with van der Waals surface area (Å²) in [5.74, 6) is 1.81. The zero-order chi connectivity index (χ0) is 18.2. The van der Waals surface area contributed by atoms with Crippen LogP contribution in [-0.2, 0) is 11.3 Å². The summed E-state index contributed by atoms with van der Waals surface area (Å²) in [6.45, 7) is 3.12. The van der Waals surface area contributed by atoms with Gasteiger partial charge in [-0.25, -0.2) is 14.6 Å². The molecule has 0 aliphatic heterocycles. The molecule has 3 aromatic rings. The molecule has 0 aromatic carbocycles. The van der Waals surface area contributed by atoms with Crippen molar-refractivity contribution in [3.05, 3.63) is 48.7 Å². The molecule has 0 spiro atoms. The predicted molar refractivity (Wildman–Crippen MR) is 95.8 cm³/mol. The van der Waals surface area contributed by atoms with E-state index in [1.165, 1.54) is 17.3 Å². The Morgan fingerprint density at radius 3 is 2.58 bits per heavy atom. The molecule has 0 fully saturated rings. The maximum Gasteiger partial charge on any atom is 0.241 e. The molecule has 0 bridgehead atoms. The largest absolute Gasteiger partial charge is 0.367 e. The van der Waals surface area contributed by atoms with Crippen molar-refractivity contribution in [2.24, 2.45) is 0 Å². The van der Waals surface area contributed by atoms with E-state index in [4.69, 9.17) is 0 Å². The van der Waals surface area contributed by atoms with Gasteiger partial charge < -0.3 is 16.0 Å². The molecule has 3 rings (SSSR count). The monoisotopic (exact) mass is 353 g/mol. The second kappa shape index (κ2) is 8.51. The lowest BCUT2D eigenvalue weighted by Gasteiger charge is -2.08. The number of nitrogens with one attached hydrogen (secondary N) is 3. The minimum absolute atomic E-state index is 0.131. The van der Waals surface area contributed by atoms with Crippen LogP contribution >= 0.6 is 0 Å². The Kier molecular flexibility index (Phi) is 5.65. The van der Waals surface area contributed by atoms with Gasteiger partial charge in [-0.05, 0) is 30.7 Å². The fourth-order valence-corrected chi connectivity index (χ4v) is 2.08. The van der Waals surface area contributed by atoms with E-state index < -0.39 is 0 Å². The van der Waals surface area contributed by atoms with Crippen LogP contribution in [0, 0.1) is 6.92 Å². The van der Waals surface area contributed by atoms with E-state index in [9.17, 15) is 4.79 Å². The van der Waals surface area contributed by atoms with Crippen LogP contribution in [0.4, 0.5) is 17.5 Å². The van der Waals surface area contributed by atoms with Crippen LogP contribution in [0.3, 0.4) is 0 Å². The van der Waals surface area contributed by atoms with Gasteiger partial charge in [0.05, 0.1) is 0 Å². The van der Waals surface area contributed by atoms with Crippen LogP contribution in [-0.4, -0.2) is 48.9 Å². The van der Waals surface area contributed by atoms with Crippen LogP contribution in [0.2, 0.25) is 0 Å². The van der Waals surface area contributed by atoms with Gasteiger partial charge in [-0.15, -0.1) is 10.2 Å². The molecule has 0 aliphatic carbocycles. The summed E-state index contributed by atoms with van der Waals surface area (Å²) in [5.41, 5.74) is 1.09. The number of carbonyl (C=O) groups excluding carboxylic acids is 1. The molecule has 10 heteroatoms. The van der Waals surface area contributed by atoms with Crippen molar-refractivity contribution < 1.29 is 4.79 Å². The van der Waals surface area contributed by atoms with E-state index >= 15 is 0 Å². The summed E-state index contributed by atoms with van der Waals surface area (Å²) in [4.78, 5) is 19.7. The maximum absolute atomic E-state index is 11.7. The second-order valence-corrected chi connectivity index (χ2v) is 5.52. The summed E-state index contributed by atoms with van der Waals surface area (Å²) in [5, 5.41) is 21.0. The lowest BCUT2D eigenvalue weighted by atomic mass is 10.3. The number of aryl methyl sites for hydroxylation is 1. The fourth-order valence-electron chi connectivity index (χ4n) is 2.08. The van der Waals surface area contributed by atoms with Gasteiger partial charge in [0.25, 0.3) is 0 Å². The summed E-state index contributed by atoms with van der Waals surface area (Å²) < 4.78 is 1.46. The lowest BCUT2D eigenvalue weighted by molar-refractivity contribution is -0.121. The van der Waals surface area contributed by atoms with Gasteiger partial charge >= 0.3 is 0 Å². The Morgan fingerprint density at radius 1 is 1.08 bits per heavy atom. The Labute approximate surface area is 150 Å². The van der Waals surface area contributed by atoms with Crippen molar-refractivity contribution in [1.29, 1.82) is 0 Å². The van der Waals surface area contributed by atoms with Gasteiger partial charge in [0.2, 0.25) is 5.91 Å². The average Bonchev–Trinajstić information content (AvgIpc) is 3.15. The van der Waals surface area contributed by atoms with Gasteiger partial charge in [0.1, 0.15) is 30.8 Å². The third-order valence-corrected chi connectivity index (χ3v) is 3.36. The highest BCUT2D eigenvalue weighted by atomic mass is 16.2. The van der Waals surface area contributed by atoms with Crippen molar-refractivity contribution in [2.45, 2.75) is 13.5 Å². The molecule has 134 valence electrons. The number of hydrogen-bond acceptors (Lipinski definition) is 8. The molecule has 3 heterocycles. The summed E-state index contributed by atoms with van der Waals surface area (Å²) in [7, 11) is 0. The molecule has 0 unspecified atom stereocenters. The molecule has 3 N–H and O–H groups in total. The van der Waals surface area contributed by atoms with Gasteiger partial charge in [-0.1, -0.05) is 6.07 Å². The highest BCUT2D eigenvalue weighted by Crippen LogP contribution is 2.12. The molecule has 10 nitrogen and oxygen atoms in total. The number of carbonyl (C=O) groups is 1. The number of anilines is 3. The lowest BCUT2D eigenvalue weighted by Crippen LogP contribution is -2.31. The molecule has 0 saturated carbocycles. The van der Waals surface area contributed by atoms with E-state index in [0.717, 1.165) is 5.56 Å². The van der Waals surface area contributed by atoms with Gasteiger partial charge in [0.15, 0.2) is 5.82 Å². The molecule has 0 aliphatic rings. The summed E-state index contributed by atoms with van der Waals surface area (Å²) in [6, 6.07) is 7.46. The maximum atomic E-state index is 11.7. The van der Waals surface area contributed by atoms with Crippen molar-refractivity contribution in [3.63, 3.8) is 0 Å². The Balaban J connectivity index is 1.38. The van der Waals surface area contributed by atoms with E-state index in [-0.39, 0.29) is 12.5 Å². The predicted octanol–water partition coefficient (Wildman–Crippen LogP) is 0.743. The molecule has 3 aromatic heterocycles. The third kappa shape index (κ3) is 5.23. The fraction of sp³-hybridized carbons (Fsp3) is 0.250. The van der Waals surface area contributed by atoms with Crippen LogP contribution in [0.15, 0.2) is 43.1 Å². The third-order valence-electron chi connectivity index (χ3n) is 3.36. The van der Waals surface area contributed by atoms with Gasteiger partial charge in [-0.2, -0.15) is 5.10 Å². The molecular weight excluding hydrogens is 334 g/mol. The first-order chi connectivity index (χ1) is 12.7. The number of nitrogens with zero attached hydrogens (tertiary/aromatic N) is 6. The van der Waals surface area contributed by atoms with Gasteiger partial charge in [0, 0.05) is 19.3 Å². The van der Waals surface area contributed by atoms with Crippen LogP contribution in [0.1, 0.15) is 5.56 Å². The smallest absolute Gasteiger partial charge is 0.241 e. The number of amides is 1. The number of rotatable bonds is 8. The standard InChI is InChI=1S/C16H19N9O/c1-12-2-3-13(20-8-12)22-15-5-4-14(23-24-15)18-6-7-19-16(26)9-25-11-17-10-21-25/h2-5,8,10-11H,6-7,9H2,1H3,(H,18,23)(H,19,26)(H,20,22,24). The highest BCUT2D eigenvalue weighted by molar-refractivity contribution is 5.75. The summed E-state index contributed by atoms with van der Waals surface area (Å²) >= 11 is 0. The number of aromatic nitrogens is 6. The molecule has 0 radical (unpaired) electrons. The first-order valence-electron chi connectivity index (χ1n) is 8.05. The van der Waals surface area contributed by atoms with Crippen molar-refractivity contribution >= 4 is 23.4 Å². The zero-order valence-corrected chi connectivity index (χ0v) is 14.3. The van der Waals surface area contributed by atoms with E-state index in [1.54, 1.807) is 18.3 Å². The number of pyridine rings is 1. The minimum atomic E-state index is -0.131. The molecule has 0 saturated heterocycles. The topological polar surface area (TPSA) is 123 Å². The van der Waals surface area contributed by atoms with Crippen LogP contribution in [0.25, 0.3) is 0 Å². The van der Waals surface area contributed by atoms with E-state index in [0.29, 0.717) is 30.5 Å². The van der Waals surface area contributed by atoms with Crippen LogP contribution < -0.4 is 16.0 Å². The Hall–Kier alpha value is -3.56. The summed E-state index contributed by atoms with van der Waals surface area (Å²) in [6.07, 6.45) is 4.67. The highest BCUT2D eigenvalue weighted by Gasteiger charge is 2.03. The average molecular weight is 353 g/mol. The first kappa shape index (κ1) is 17.3. The first-order valence-corrected chi connectivity index (χ1v) is 8.05. The Morgan fingerprint density at radius 2 is 1.88 bits per heavy atom. The van der Waals surface area contributed by atoms with Crippen molar-refractivity contribution in [3.8, 4) is 0 Å². The SMILES string of the molecule is Cc1ccc(Nc2ccc(NCCNC(=O)Cn3cncn3)nn2)nc1. The normalized spacial score (nSPS) is 10.3. The molecule has 26 heavy (non-hydrogen) atoms. The Bertz CT molecular complexity index is 816. The minimum Gasteiger partial charge on any atom is -0.367 e. The van der Waals surface area contributed by atoms with Crippen molar-refractivity contribution in [2.75, 3.05) is 23.7 Å². The molecule has 0 atom stereocenters. The van der Waals surface area contributed by atoms with Crippen molar-refractivity contribution in [1.82, 2.24) is 35.3 Å². The second-order valence-electron chi connectivity index (χ2n) is 5.52. The quantitative estimate of drug-likeness (QED) is 0.507. The van der Waals surface area contributed by atoms with Crippen LogP contribution in [0.5, 0.6) is 0 Å². The van der Waals surface area contributed by atoms with Gasteiger partial charge in [-0.3, -0.25) is 4.79 Å². The zero-order valence-electron chi connectivity index (χ0n) is 14.3. The van der Waals surface area contributed by atoms with E-state index in [1.807, 2.05) is 19.1 Å². The molecular formula is C16H19N9O. The molecule has 1 amide bonds. The van der Waals surface area contributed by atoms with E-state index in [2.05, 4.69) is 41.2 Å².